The molecule has 2 aromatic carbocycles. The normalized spacial score (nSPS) is 14.1. The van der Waals surface area contributed by atoms with Gasteiger partial charge in [-0.2, -0.15) is 0 Å². The summed E-state index contributed by atoms with van der Waals surface area (Å²) >= 11 is 0. The fourth-order valence-electron chi connectivity index (χ4n) is 3.19. The number of hydrogen-bond donors (Lipinski definition) is 2. The third-order valence-corrected chi connectivity index (χ3v) is 4.31. The summed E-state index contributed by atoms with van der Waals surface area (Å²) in [5, 5.41) is 12.6. The van der Waals surface area contributed by atoms with Gasteiger partial charge in [0, 0.05) is 32.2 Å². The molecular weight excluding hydrogens is 304 g/mol. The lowest BCUT2D eigenvalue weighted by Gasteiger charge is -2.30. The van der Waals surface area contributed by atoms with Crippen LogP contribution in [0.4, 0.5) is 5.69 Å². The molecule has 0 saturated carbocycles. The smallest absolute Gasteiger partial charge is 0.221 e. The maximum absolute atomic E-state index is 11.3. The highest BCUT2D eigenvalue weighted by Crippen LogP contribution is 2.29. The van der Waals surface area contributed by atoms with Crippen LogP contribution in [-0.4, -0.2) is 29.6 Å². The molecule has 0 bridgehead atoms. The van der Waals surface area contributed by atoms with Crippen LogP contribution in [0, 0.1) is 0 Å². The number of phenols is 1. The van der Waals surface area contributed by atoms with Crippen LogP contribution in [0.15, 0.2) is 36.4 Å². The number of anilines is 1. The third-order valence-electron chi connectivity index (χ3n) is 4.31. The van der Waals surface area contributed by atoms with E-state index < -0.39 is 0 Å². The predicted octanol–water partition coefficient (Wildman–Crippen LogP) is 2.92. The first-order valence-corrected chi connectivity index (χ1v) is 8.03. The van der Waals surface area contributed by atoms with Gasteiger partial charge in [0.25, 0.3) is 0 Å². The molecule has 0 radical (unpaired) electrons. The SMILES string of the molecule is COc1cc(CN2CCc3c(cccc3NC(C)=O)C2)ccc1O. The molecule has 2 aromatic rings. The second kappa shape index (κ2) is 6.93. The predicted molar refractivity (Wildman–Crippen MR) is 93.2 cm³/mol. The molecule has 1 aliphatic rings. The van der Waals surface area contributed by atoms with E-state index in [4.69, 9.17) is 4.74 Å². The lowest BCUT2D eigenvalue weighted by Crippen LogP contribution is -2.30. The Labute approximate surface area is 141 Å². The van der Waals surface area contributed by atoms with Gasteiger partial charge in [-0.25, -0.2) is 0 Å². The standard InChI is InChI=1S/C19H22N2O3/c1-13(22)20-17-5-3-4-15-12-21(9-8-16(15)17)11-14-6-7-18(23)19(10-14)24-2/h3-7,10,23H,8-9,11-12H2,1-2H3,(H,20,22). The van der Waals surface area contributed by atoms with Gasteiger partial charge in [0.2, 0.25) is 5.91 Å². The van der Waals surface area contributed by atoms with Crippen molar-refractivity contribution in [2.45, 2.75) is 26.4 Å². The molecule has 126 valence electrons. The van der Waals surface area contributed by atoms with E-state index in [1.807, 2.05) is 24.3 Å². The van der Waals surface area contributed by atoms with Crippen molar-refractivity contribution in [3.8, 4) is 11.5 Å². The van der Waals surface area contributed by atoms with Crippen molar-refractivity contribution >= 4 is 11.6 Å². The summed E-state index contributed by atoms with van der Waals surface area (Å²) in [4.78, 5) is 13.7. The first kappa shape index (κ1) is 16.3. The molecule has 0 fully saturated rings. The Morgan fingerprint density at radius 3 is 2.92 bits per heavy atom. The summed E-state index contributed by atoms with van der Waals surface area (Å²) in [6.45, 7) is 4.09. The van der Waals surface area contributed by atoms with Crippen LogP contribution in [-0.2, 0) is 24.3 Å². The number of ether oxygens (including phenoxy) is 1. The van der Waals surface area contributed by atoms with Crippen LogP contribution >= 0.6 is 0 Å². The van der Waals surface area contributed by atoms with Crippen LogP contribution < -0.4 is 10.1 Å². The molecule has 24 heavy (non-hydrogen) atoms. The lowest BCUT2D eigenvalue weighted by molar-refractivity contribution is -0.114. The zero-order valence-corrected chi connectivity index (χ0v) is 14.0. The van der Waals surface area contributed by atoms with Gasteiger partial charge in [0.1, 0.15) is 0 Å². The average Bonchev–Trinajstić information content (AvgIpc) is 2.56. The zero-order valence-electron chi connectivity index (χ0n) is 14.0. The number of hydrogen-bond acceptors (Lipinski definition) is 4. The van der Waals surface area contributed by atoms with Gasteiger partial charge in [-0.3, -0.25) is 9.69 Å². The van der Waals surface area contributed by atoms with Gasteiger partial charge in [0.15, 0.2) is 11.5 Å². The van der Waals surface area contributed by atoms with Crippen LogP contribution in [0.5, 0.6) is 11.5 Å². The van der Waals surface area contributed by atoms with Gasteiger partial charge in [-0.15, -0.1) is 0 Å². The van der Waals surface area contributed by atoms with E-state index in [9.17, 15) is 9.90 Å². The van der Waals surface area contributed by atoms with Crippen LogP contribution in [0.1, 0.15) is 23.6 Å². The number of nitrogens with zero attached hydrogens (tertiary/aromatic N) is 1. The van der Waals surface area contributed by atoms with E-state index in [1.54, 1.807) is 13.2 Å². The number of rotatable bonds is 4. The summed E-state index contributed by atoms with van der Waals surface area (Å²) in [5.41, 5.74) is 4.50. The molecule has 1 aliphatic heterocycles. The van der Waals surface area contributed by atoms with Crippen molar-refractivity contribution in [2.75, 3.05) is 19.0 Å². The second-order valence-corrected chi connectivity index (χ2v) is 6.09. The summed E-state index contributed by atoms with van der Waals surface area (Å²) < 4.78 is 5.18. The molecule has 3 rings (SSSR count). The van der Waals surface area contributed by atoms with Crippen molar-refractivity contribution in [3.05, 3.63) is 53.1 Å². The van der Waals surface area contributed by atoms with Crippen LogP contribution in [0.25, 0.3) is 0 Å². The molecule has 0 atom stereocenters. The number of carbonyl (C=O) groups is 1. The number of aromatic hydroxyl groups is 1. The topological polar surface area (TPSA) is 61.8 Å². The number of nitrogens with one attached hydrogen (secondary N) is 1. The van der Waals surface area contributed by atoms with Crippen molar-refractivity contribution in [3.63, 3.8) is 0 Å². The van der Waals surface area contributed by atoms with Gasteiger partial charge in [0.05, 0.1) is 7.11 Å². The van der Waals surface area contributed by atoms with Crippen LogP contribution in [0.3, 0.4) is 0 Å². The average molecular weight is 326 g/mol. The number of carbonyl (C=O) groups excluding carboxylic acids is 1. The molecular formula is C19H22N2O3. The molecule has 5 nitrogen and oxygen atoms in total. The Kier molecular flexibility index (Phi) is 4.71. The first-order valence-electron chi connectivity index (χ1n) is 8.03. The van der Waals surface area contributed by atoms with E-state index in [2.05, 4.69) is 16.3 Å². The Balaban J connectivity index is 1.75. The fraction of sp³-hybridized carbons (Fsp3) is 0.316. The minimum Gasteiger partial charge on any atom is -0.504 e. The Bertz CT molecular complexity index is 758. The molecule has 0 saturated heterocycles. The first-order chi connectivity index (χ1) is 11.6. The number of phenolic OH excluding ortho intramolecular Hbond substituents is 1. The largest absolute Gasteiger partial charge is 0.504 e. The van der Waals surface area contributed by atoms with Gasteiger partial charge < -0.3 is 15.2 Å². The van der Waals surface area contributed by atoms with Crippen molar-refractivity contribution in [1.82, 2.24) is 4.90 Å². The van der Waals surface area contributed by atoms with Crippen molar-refractivity contribution in [1.29, 1.82) is 0 Å². The maximum atomic E-state index is 11.3. The minimum absolute atomic E-state index is 0.0398. The van der Waals surface area contributed by atoms with Crippen molar-refractivity contribution in [2.24, 2.45) is 0 Å². The van der Waals surface area contributed by atoms with E-state index in [0.29, 0.717) is 5.75 Å². The molecule has 0 spiro atoms. The van der Waals surface area contributed by atoms with Gasteiger partial charge >= 0.3 is 0 Å². The Morgan fingerprint density at radius 1 is 1.33 bits per heavy atom. The van der Waals surface area contributed by atoms with E-state index in [0.717, 1.165) is 37.3 Å². The van der Waals surface area contributed by atoms with E-state index in [-0.39, 0.29) is 11.7 Å². The summed E-state index contributed by atoms with van der Waals surface area (Å²) in [7, 11) is 1.56. The zero-order chi connectivity index (χ0) is 17.1. The lowest BCUT2D eigenvalue weighted by atomic mass is 9.97. The molecule has 0 aliphatic carbocycles. The summed E-state index contributed by atoms with van der Waals surface area (Å²) in [6.07, 6.45) is 0.904. The van der Waals surface area contributed by atoms with Crippen LogP contribution in [0.2, 0.25) is 0 Å². The van der Waals surface area contributed by atoms with Crippen molar-refractivity contribution < 1.29 is 14.6 Å². The molecule has 0 aromatic heterocycles. The maximum Gasteiger partial charge on any atom is 0.221 e. The molecule has 5 heteroatoms. The Hall–Kier alpha value is -2.53. The second-order valence-electron chi connectivity index (χ2n) is 6.09. The molecule has 1 heterocycles. The quantitative estimate of drug-likeness (QED) is 0.907. The fourth-order valence-corrected chi connectivity index (χ4v) is 3.19. The summed E-state index contributed by atoms with van der Waals surface area (Å²) in [5.74, 6) is 0.616. The third kappa shape index (κ3) is 3.51. The molecule has 1 amide bonds. The minimum atomic E-state index is -0.0398. The summed E-state index contributed by atoms with van der Waals surface area (Å²) in [6, 6.07) is 11.5. The van der Waals surface area contributed by atoms with E-state index >= 15 is 0 Å². The monoisotopic (exact) mass is 326 g/mol. The number of amides is 1. The van der Waals surface area contributed by atoms with E-state index in [1.165, 1.54) is 18.1 Å². The van der Waals surface area contributed by atoms with Gasteiger partial charge in [-0.05, 0) is 41.3 Å². The Morgan fingerprint density at radius 2 is 2.17 bits per heavy atom. The number of benzene rings is 2. The highest BCUT2D eigenvalue weighted by molar-refractivity contribution is 5.89. The highest BCUT2D eigenvalue weighted by atomic mass is 16.5. The number of methoxy groups -OCH3 is 1. The highest BCUT2D eigenvalue weighted by Gasteiger charge is 2.19. The number of fused-ring (bicyclic) bond motifs is 1. The molecule has 0 unspecified atom stereocenters. The molecule has 2 N–H and O–H groups in total. The van der Waals surface area contributed by atoms with Gasteiger partial charge in [-0.1, -0.05) is 18.2 Å².